The van der Waals surface area contributed by atoms with Crippen LogP contribution in [0.3, 0.4) is 0 Å². The van der Waals surface area contributed by atoms with E-state index < -0.39 is 10.0 Å². The Balaban J connectivity index is 2.43. The van der Waals surface area contributed by atoms with Crippen molar-refractivity contribution < 1.29 is 8.42 Å². The third-order valence-electron chi connectivity index (χ3n) is 3.25. The van der Waals surface area contributed by atoms with Crippen LogP contribution < -0.4 is 10.0 Å². The fourth-order valence-corrected chi connectivity index (χ4v) is 3.99. The van der Waals surface area contributed by atoms with E-state index in [4.69, 9.17) is 0 Å². The Morgan fingerprint density at radius 1 is 1.38 bits per heavy atom. The lowest BCUT2D eigenvalue weighted by Gasteiger charge is -2.24. The average molecular weight is 248 g/mol. The molecule has 0 radical (unpaired) electrons. The Bertz CT molecular complexity index is 280. The molecule has 2 N–H and O–H groups in total. The zero-order valence-electron chi connectivity index (χ0n) is 10.3. The van der Waals surface area contributed by atoms with Gasteiger partial charge in [0.15, 0.2) is 0 Å². The van der Waals surface area contributed by atoms with Crippen LogP contribution in [0.15, 0.2) is 0 Å². The van der Waals surface area contributed by atoms with Crippen molar-refractivity contribution in [2.24, 2.45) is 5.92 Å². The molecule has 5 heteroatoms. The minimum Gasteiger partial charge on any atom is -0.315 e. The molecule has 16 heavy (non-hydrogen) atoms. The Morgan fingerprint density at radius 2 is 2.06 bits per heavy atom. The van der Waals surface area contributed by atoms with Gasteiger partial charge >= 0.3 is 0 Å². The normalized spacial score (nSPS) is 22.6. The van der Waals surface area contributed by atoms with E-state index in [9.17, 15) is 8.42 Å². The lowest BCUT2D eigenvalue weighted by molar-refractivity contribution is 0.425. The van der Waals surface area contributed by atoms with Crippen LogP contribution in [0.1, 0.15) is 39.5 Å². The van der Waals surface area contributed by atoms with E-state index >= 15 is 0 Å². The minimum atomic E-state index is -3.09. The van der Waals surface area contributed by atoms with Crippen LogP contribution in [0.2, 0.25) is 0 Å². The minimum absolute atomic E-state index is 0.0908. The summed E-state index contributed by atoms with van der Waals surface area (Å²) in [4.78, 5) is 0. The summed E-state index contributed by atoms with van der Waals surface area (Å²) in [5.41, 5.74) is 0. The smallest absolute Gasteiger partial charge is 0.212 e. The van der Waals surface area contributed by atoms with E-state index in [-0.39, 0.29) is 17.7 Å². The van der Waals surface area contributed by atoms with Crippen molar-refractivity contribution in [3.8, 4) is 0 Å². The first-order valence-electron chi connectivity index (χ1n) is 6.28. The van der Waals surface area contributed by atoms with Crippen LogP contribution in [0.5, 0.6) is 0 Å². The molecule has 0 bridgehead atoms. The molecule has 1 fully saturated rings. The van der Waals surface area contributed by atoms with Crippen molar-refractivity contribution in [2.75, 3.05) is 18.8 Å². The van der Waals surface area contributed by atoms with Crippen molar-refractivity contribution >= 4 is 10.0 Å². The number of hydrogen-bond acceptors (Lipinski definition) is 3. The van der Waals surface area contributed by atoms with Gasteiger partial charge in [0.1, 0.15) is 0 Å². The summed E-state index contributed by atoms with van der Waals surface area (Å²) < 4.78 is 26.6. The third kappa shape index (κ3) is 4.80. The van der Waals surface area contributed by atoms with Crippen LogP contribution in [-0.2, 0) is 10.0 Å². The molecule has 1 heterocycles. The molecule has 0 aromatic heterocycles. The highest BCUT2D eigenvalue weighted by Crippen LogP contribution is 2.11. The van der Waals surface area contributed by atoms with Crippen LogP contribution in [-0.4, -0.2) is 33.3 Å². The predicted molar refractivity (Wildman–Crippen MR) is 66.9 cm³/mol. The van der Waals surface area contributed by atoms with Gasteiger partial charge in [-0.15, -0.1) is 0 Å². The maximum atomic E-state index is 11.9. The molecule has 0 spiro atoms. The average Bonchev–Trinajstić information content (AvgIpc) is 2.26. The molecule has 4 nitrogen and oxygen atoms in total. The highest BCUT2D eigenvalue weighted by Gasteiger charge is 2.22. The maximum Gasteiger partial charge on any atom is 0.212 e. The molecule has 0 amide bonds. The van der Waals surface area contributed by atoms with Crippen molar-refractivity contribution in [3.63, 3.8) is 0 Å². The molecular weight excluding hydrogens is 224 g/mol. The first-order chi connectivity index (χ1) is 7.57. The van der Waals surface area contributed by atoms with Crippen molar-refractivity contribution in [1.29, 1.82) is 0 Å². The topological polar surface area (TPSA) is 58.2 Å². The zero-order chi connectivity index (χ0) is 12.0. The maximum absolute atomic E-state index is 11.9. The third-order valence-corrected chi connectivity index (χ3v) is 4.86. The van der Waals surface area contributed by atoms with Crippen LogP contribution in [0, 0.1) is 5.92 Å². The van der Waals surface area contributed by atoms with E-state index in [1.165, 1.54) is 0 Å². The van der Waals surface area contributed by atoms with Gasteiger partial charge < -0.3 is 5.32 Å². The Morgan fingerprint density at radius 3 is 2.56 bits per heavy atom. The van der Waals surface area contributed by atoms with Gasteiger partial charge in [-0.3, -0.25) is 0 Å². The van der Waals surface area contributed by atoms with Crippen molar-refractivity contribution in [3.05, 3.63) is 0 Å². The molecule has 1 aliphatic rings. The molecule has 0 saturated carbocycles. The quantitative estimate of drug-likeness (QED) is 0.740. The van der Waals surface area contributed by atoms with E-state index in [0.717, 1.165) is 38.8 Å². The SMILES string of the molecule is CCC(CC)CS(=O)(=O)NC1CCCNC1. The molecule has 0 aromatic rings. The van der Waals surface area contributed by atoms with Gasteiger partial charge in [-0.05, 0) is 25.3 Å². The van der Waals surface area contributed by atoms with Crippen molar-refractivity contribution in [1.82, 2.24) is 10.0 Å². The predicted octanol–water partition coefficient (Wildman–Crippen LogP) is 1.09. The van der Waals surface area contributed by atoms with Gasteiger partial charge in [-0.25, -0.2) is 13.1 Å². The van der Waals surface area contributed by atoms with Gasteiger partial charge in [0, 0.05) is 12.6 Å². The van der Waals surface area contributed by atoms with Crippen LogP contribution in [0.25, 0.3) is 0 Å². The fraction of sp³-hybridized carbons (Fsp3) is 1.00. The van der Waals surface area contributed by atoms with Gasteiger partial charge in [0.05, 0.1) is 5.75 Å². The fourth-order valence-electron chi connectivity index (χ4n) is 2.09. The monoisotopic (exact) mass is 248 g/mol. The molecule has 1 saturated heterocycles. The lowest BCUT2D eigenvalue weighted by Crippen LogP contribution is -2.46. The molecule has 1 aliphatic heterocycles. The van der Waals surface area contributed by atoms with E-state index in [2.05, 4.69) is 10.0 Å². The second kappa shape index (κ2) is 6.57. The molecular formula is C11H24N2O2S. The van der Waals surface area contributed by atoms with Crippen LogP contribution >= 0.6 is 0 Å². The summed E-state index contributed by atoms with van der Waals surface area (Å²) in [6, 6.07) is 0.0908. The summed E-state index contributed by atoms with van der Waals surface area (Å²) in [6.07, 6.45) is 3.87. The standard InChI is InChI=1S/C11H24N2O2S/c1-3-10(4-2)9-16(14,15)13-11-6-5-7-12-8-11/h10-13H,3-9H2,1-2H3. The van der Waals surface area contributed by atoms with Gasteiger partial charge in [-0.2, -0.15) is 0 Å². The van der Waals surface area contributed by atoms with Crippen molar-refractivity contribution in [2.45, 2.75) is 45.6 Å². The number of sulfonamides is 1. The van der Waals surface area contributed by atoms with E-state index in [0.29, 0.717) is 0 Å². The summed E-state index contributed by atoms with van der Waals surface area (Å²) in [7, 11) is -3.09. The number of hydrogen-bond donors (Lipinski definition) is 2. The van der Waals surface area contributed by atoms with E-state index in [1.54, 1.807) is 0 Å². The number of rotatable bonds is 6. The molecule has 0 aliphatic carbocycles. The van der Waals surface area contributed by atoms with Gasteiger partial charge in [0.25, 0.3) is 0 Å². The Kier molecular flexibility index (Phi) is 5.72. The number of nitrogens with one attached hydrogen (secondary N) is 2. The summed E-state index contributed by atoms with van der Waals surface area (Å²) >= 11 is 0. The first-order valence-corrected chi connectivity index (χ1v) is 7.93. The largest absolute Gasteiger partial charge is 0.315 e. The summed E-state index contributed by atoms with van der Waals surface area (Å²) in [5, 5.41) is 3.21. The molecule has 0 aromatic carbocycles. The second-order valence-corrected chi connectivity index (χ2v) is 6.42. The van der Waals surface area contributed by atoms with Crippen LogP contribution in [0.4, 0.5) is 0 Å². The Labute approximate surface area is 99.2 Å². The molecule has 1 unspecified atom stereocenters. The Hall–Kier alpha value is -0.130. The zero-order valence-corrected chi connectivity index (χ0v) is 11.1. The first kappa shape index (κ1) is 13.9. The van der Waals surface area contributed by atoms with Gasteiger partial charge in [-0.1, -0.05) is 26.7 Å². The molecule has 1 atom stereocenters. The highest BCUT2D eigenvalue weighted by atomic mass is 32.2. The molecule has 1 rings (SSSR count). The summed E-state index contributed by atoms with van der Waals surface area (Å²) in [5.74, 6) is 0.560. The summed E-state index contributed by atoms with van der Waals surface area (Å²) in [6.45, 7) is 5.87. The lowest BCUT2D eigenvalue weighted by atomic mass is 10.1. The number of piperidine rings is 1. The molecule has 96 valence electrons. The second-order valence-electron chi connectivity index (χ2n) is 4.63. The van der Waals surface area contributed by atoms with E-state index in [1.807, 2.05) is 13.8 Å². The highest BCUT2D eigenvalue weighted by molar-refractivity contribution is 7.89. The van der Waals surface area contributed by atoms with Gasteiger partial charge in [0.2, 0.25) is 10.0 Å².